The van der Waals surface area contributed by atoms with E-state index in [1.54, 1.807) is 0 Å². The van der Waals surface area contributed by atoms with Crippen molar-refractivity contribution in [1.82, 2.24) is 0 Å². The average molecular weight is 215 g/mol. The highest BCUT2D eigenvalue weighted by Crippen LogP contribution is 2.50. The summed E-state index contributed by atoms with van der Waals surface area (Å²) in [6.45, 7) is 1.84. The fourth-order valence-corrected chi connectivity index (χ4v) is 1.65. The normalized spacial score (nSPS) is 41.1. The van der Waals surface area contributed by atoms with Crippen LogP contribution in [0, 0.1) is 5.92 Å². The largest absolute Gasteiger partial charge is 0.383 e. The third-order valence-electron chi connectivity index (χ3n) is 1.90. The lowest BCUT2D eigenvalue weighted by Crippen LogP contribution is -2.53. The lowest BCUT2D eigenvalue weighted by molar-refractivity contribution is -0.180. The van der Waals surface area contributed by atoms with Gasteiger partial charge in [0.15, 0.2) is 0 Å². The maximum absolute atomic E-state index is 12.4. The topological polar surface area (TPSA) is 20.2 Å². The molecule has 0 bridgehead atoms. The van der Waals surface area contributed by atoms with Gasteiger partial charge >= 0.3 is 4.83 Å². The van der Waals surface area contributed by atoms with Crippen LogP contribution < -0.4 is 0 Å². The van der Waals surface area contributed by atoms with Crippen molar-refractivity contribution in [2.24, 2.45) is 5.92 Å². The van der Waals surface area contributed by atoms with E-state index in [2.05, 4.69) is 15.9 Å². The van der Waals surface area contributed by atoms with Crippen LogP contribution in [0.15, 0.2) is 0 Å². The van der Waals surface area contributed by atoms with Gasteiger partial charge in [-0.2, -0.15) is 8.78 Å². The molecule has 1 nitrogen and oxygen atoms in total. The minimum absolute atomic E-state index is 0.186. The minimum atomic E-state index is -3.12. The van der Waals surface area contributed by atoms with Crippen LogP contribution in [0.4, 0.5) is 8.78 Å². The molecule has 1 N–H and O–H groups in total. The van der Waals surface area contributed by atoms with Crippen molar-refractivity contribution in [2.45, 2.75) is 30.2 Å². The van der Waals surface area contributed by atoms with E-state index in [0.717, 1.165) is 0 Å². The zero-order chi connectivity index (χ0) is 7.99. The highest BCUT2D eigenvalue weighted by molar-refractivity contribution is 9.10. The van der Waals surface area contributed by atoms with Crippen molar-refractivity contribution < 1.29 is 13.9 Å². The van der Waals surface area contributed by atoms with Crippen molar-refractivity contribution in [3.63, 3.8) is 0 Å². The molecule has 4 heteroatoms. The summed E-state index contributed by atoms with van der Waals surface area (Å²) in [6.07, 6.45) is 0.372. The van der Waals surface area contributed by atoms with Crippen molar-refractivity contribution in [2.75, 3.05) is 0 Å². The SMILES string of the molecule is CC1CC(O)(C(F)(F)Br)C1. The molecule has 1 saturated carbocycles. The Kier molecular flexibility index (Phi) is 1.80. The molecular formula is C6H9BrF2O. The molecule has 0 aromatic rings. The Balaban J connectivity index is 2.57. The van der Waals surface area contributed by atoms with Gasteiger partial charge in [-0.15, -0.1) is 0 Å². The Morgan fingerprint density at radius 1 is 1.60 bits per heavy atom. The molecule has 0 saturated heterocycles. The first-order chi connectivity index (χ1) is 4.35. The predicted molar refractivity (Wildman–Crippen MR) is 37.2 cm³/mol. The molecule has 10 heavy (non-hydrogen) atoms. The summed E-state index contributed by atoms with van der Waals surface area (Å²) in [7, 11) is 0. The number of hydrogen-bond donors (Lipinski definition) is 1. The average Bonchev–Trinajstić information content (AvgIpc) is 1.58. The second-order valence-corrected chi connectivity index (χ2v) is 4.04. The zero-order valence-corrected chi connectivity index (χ0v) is 7.16. The summed E-state index contributed by atoms with van der Waals surface area (Å²) in [5.41, 5.74) is -1.79. The lowest BCUT2D eigenvalue weighted by Gasteiger charge is -2.44. The maximum Gasteiger partial charge on any atom is 0.329 e. The van der Waals surface area contributed by atoms with E-state index in [0.29, 0.717) is 0 Å². The van der Waals surface area contributed by atoms with E-state index in [9.17, 15) is 8.78 Å². The fraction of sp³-hybridized carbons (Fsp3) is 1.00. The van der Waals surface area contributed by atoms with E-state index in [4.69, 9.17) is 5.11 Å². The van der Waals surface area contributed by atoms with Gasteiger partial charge in [-0.1, -0.05) is 6.92 Å². The molecule has 1 rings (SSSR count). The van der Waals surface area contributed by atoms with E-state index < -0.39 is 10.4 Å². The van der Waals surface area contributed by atoms with Crippen LogP contribution in [0.3, 0.4) is 0 Å². The fourth-order valence-electron chi connectivity index (χ4n) is 1.32. The highest BCUT2D eigenvalue weighted by Gasteiger charge is 2.57. The van der Waals surface area contributed by atoms with Crippen LogP contribution >= 0.6 is 15.9 Å². The van der Waals surface area contributed by atoms with Crippen molar-refractivity contribution >= 4 is 15.9 Å². The van der Waals surface area contributed by atoms with Gasteiger partial charge in [-0.3, -0.25) is 0 Å². The first-order valence-corrected chi connectivity index (χ1v) is 3.93. The molecule has 0 spiro atoms. The van der Waals surface area contributed by atoms with Crippen molar-refractivity contribution in [1.29, 1.82) is 0 Å². The van der Waals surface area contributed by atoms with Gasteiger partial charge in [-0.05, 0) is 34.7 Å². The first kappa shape index (κ1) is 8.40. The molecule has 0 aromatic carbocycles. The molecule has 1 fully saturated rings. The Morgan fingerprint density at radius 3 is 2.10 bits per heavy atom. The van der Waals surface area contributed by atoms with E-state index in [1.807, 2.05) is 6.92 Å². The lowest BCUT2D eigenvalue weighted by atomic mass is 9.72. The molecule has 1 aliphatic carbocycles. The summed E-state index contributed by atoms with van der Waals surface area (Å²) in [5.74, 6) is 0.216. The summed E-state index contributed by atoms with van der Waals surface area (Å²) in [4.78, 5) is -3.12. The van der Waals surface area contributed by atoms with E-state index in [1.165, 1.54) is 0 Å². The summed E-state index contributed by atoms with van der Waals surface area (Å²) in [6, 6.07) is 0. The van der Waals surface area contributed by atoms with Crippen LogP contribution in [0.5, 0.6) is 0 Å². The van der Waals surface area contributed by atoms with Crippen LogP contribution in [-0.2, 0) is 0 Å². The molecule has 0 atom stereocenters. The Hall–Kier alpha value is 0.300. The van der Waals surface area contributed by atoms with Crippen LogP contribution in [0.25, 0.3) is 0 Å². The van der Waals surface area contributed by atoms with Gasteiger partial charge in [0.05, 0.1) is 0 Å². The molecule has 0 aromatic heterocycles. The quantitative estimate of drug-likeness (QED) is 0.664. The predicted octanol–water partition coefficient (Wildman–Crippen LogP) is 2.14. The second-order valence-electron chi connectivity index (χ2n) is 3.04. The molecular weight excluding hydrogens is 206 g/mol. The van der Waals surface area contributed by atoms with Gasteiger partial charge in [0.25, 0.3) is 0 Å². The molecule has 0 aliphatic heterocycles. The van der Waals surface area contributed by atoms with Gasteiger partial charge in [0.2, 0.25) is 0 Å². The monoisotopic (exact) mass is 214 g/mol. The zero-order valence-electron chi connectivity index (χ0n) is 5.57. The number of aliphatic hydroxyl groups is 1. The Morgan fingerprint density at radius 2 is 2.00 bits per heavy atom. The van der Waals surface area contributed by atoms with Gasteiger partial charge in [-0.25, -0.2) is 0 Å². The summed E-state index contributed by atoms with van der Waals surface area (Å²) in [5, 5.41) is 9.12. The maximum atomic E-state index is 12.4. The third kappa shape index (κ3) is 1.19. The Labute approximate surface area is 66.6 Å². The van der Waals surface area contributed by atoms with Gasteiger partial charge in [0, 0.05) is 0 Å². The summed E-state index contributed by atoms with van der Waals surface area (Å²) >= 11 is 2.16. The molecule has 60 valence electrons. The smallest absolute Gasteiger partial charge is 0.329 e. The number of hydrogen-bond acceptors (Lipinski definition) is 1. The Bertz CT molecular complexity index is 137. The number of halogens is 3. The molecule has 0 heterocycles. The van der Waals surface area contributed by atoms with Crippen molar-refractivity contribution in [3.05, 3.63) is 0 Å². The number of rotatable bonds is 1. The van der Waals surface area contributed by atoms with Gasteiger partial charge in [0.1, 0.15) is 5.60 Å². The first-order valence-electron chi connectivity index (χ1n) is 3.14. The molecule has 0 amide bonds. The summed E-state index contributed by atoms with van der Waals surface area (Å²) < 4.78 is 24.8. The molecule has 0 radical (unpaired) electrons. The minimum Gasteiger partial charge on any atom is -0.383 e. The van der Waals surface area contributed by atoms with Crippen molar-refractivity contribution in [3.8, 4) is 0 Å². The van der Waals surface area contributed by atoms with E-state index in [-0.39, 0.29) is 18.8 Å². The standard InChI is InChI=1S/C6H9BrF2O/c1-4-2-5(10,3-4)6(7,8)9/h4,10H,2-3H2,1H3. The van der Waals surface area contributed by atoms with Crippen LogP contribution in [0.1, 0.15) is 19.8 Å². The van der Waals surface area contributed by atoms with Crippen LogP contribution in [-0.4, -0.2) is 15.5 Å². The second kappa shape index (κ2) is 2.14. The molecule has 0 unspecified atom stereocenters. The third-order valence-corrected chi connectivity index (χ3v) is 2.64. The number of alkyl halides is 3. The van der Waals surface area contributed by atoms with Gasteiger partial charge < -0.3 is 5.11 Å². The molecule has 1 aliphatic rings. The van der Waals surface area contributed by atoms with Crippen LogP contribution in [0.2, 0.25) is 0 Å². The highest BCUT2D eigenvalue weighted by atomic mass is 79.9. The van der Waals surface area contributed by atoms with E-state index >= 15 is 0 Å².